The molecule has 3 nitrogen and oxygen atoms in total. The van der Waals surface area contributed by atoms with Gasteiger partial charge in [0.1, 0.15) is 0 Å². The number of nitrogens with zero attached hydrogens (tertiary/aromatic N) is 2. The Labute approximate surface area is 90.2 Å². The number of hydrogen-bond acceptors (Lipinski definition) is 3. The summed E-state index contributed by atoms with van der Waals surface area (Å²) in [5, 5.41) is 6.24. The van der Waals surface area contributed by atoms with Crippen molar-refractivity contribution in [1.82, 2.24) is 0 Å². The van der Waals surface area contributed by atoms with E-state index < -0.39 is 11.8 Å². The van der Waals surface area contributed by atoms with Crippen LogP contribution in [0.3, 0.4) is 0 Å². The largest absolute Gasteiger partial charge is 0.442 e. The third-order valence-corrected chi connectivity index (χ3v) is 2.53. The van der Waals surface area contributed by atoms with Gasteiger partial charge in [-0.05, 0) is 12.5 Å². The quantitative estimate of drug-likeness (QED) is 0.832. The van der Waals surface area contributed by atoms with Crippen LogP contribution in [0.5, 0.6) is 0 Å². The maximum absolute atomic E-state index is 12.6. The highest BCUT2D eigenvalue weighted by Gasteiger charge is 2.65. The molecule has 1 aromatic carbocycles. The van der Waals surface area contributed by atoms with E-state index in [4.69, 9.17) is 5.73 Å². The number of halogens is 3. The molecule has 1 heterocycles. The predicted molar refractivity (Wildman–Crippen MR) is 51.6 cm³/mol. The van der Waals surface area contributed by atoms with Crippen molar-refractivity contribution in [3.05, 3.63) is 35.4 Å². The SMILES string of the molecule is C[C@@H](N)c1ccc(C2(C(F)(F)F)N=N2)cc1. The van der Waals surface area contributed by atoms with Crippen LogP contribution in [0.15, 0.2) is 34.5 Å². The van der Waals surface area contributed by atoms with Gasteiger partial charge in [0.25, 0.3) is 0 Å². The summed E-state index contributed by atoms with van der Waals surface area (Å²) >= 11 is 0. The molecule has 2 rings (SSSR count). The minimum Gasteiger partial charge on any atom is -0.324 e. The zero-order chi connectivity index (χ0) is 12.0. The van der Waals surface area contributed by atoms with E-state index in [1.807, 2.05) is 0 Å². The van der Waals surface area contributed by atoms with Crippen molar-refractivity contribution in [2.24, 2.45) is 16.0 Å². The van der Waals surface area contributed by atoms with Gasteiger partial charge in [-0.15, -0.1) is 10.2 Å². The molecule has 0 radical (unpaired) electrons. The van der Waals surface area contributed by atoms with Gasteiger partial charge in [0.15, 0.2) is 0 Å². The van der Waals surface area contributed by atoms with Crippen LogP contribution in [0.1, 0.15) is 24.1 Å². The molecule has 0 fully saturated rings. The fraction of sp³-hybridized carbons (Fsp3) is 0.400. The van der Waals surface area contributed by atoms with E-state index in [2.05, 4.69) is 10.2 Å². The number of nitrogens with two attached hydrogens (primary N) is 1. The molecule has 0 saturated heterocycles. The average Bonchev–Trinajstić information content (AvgIpc) is 2.97. The highest BCUT2D eigenvalue weighted by atomic mass is 19.4. The van der Waals surface area contributed by atoms with Gasteiger partial charge in [-0.3, -0.25) is 0 Å². The van der Waals surface area contributed by atoms with Crippen LogP contribution in [0.2, 0.25) is 0 Å². The molecule has 1 aromatic rings. The first kappa shape index (κ1) is 11.1. The van der Waals surface area contributed by atoms with E-state index in [0.717, 1.165) is 5.56 Å². The minimum absolute atomic E-state index is 0.0319. The van der Waals surface area contributed by atoms with Crippen LogP contribution in [-0.4, -0.2) is 6.18 Å². The number of hydrogen-bond donors (Lipinski definition) is 1. The van der Waals surface area contributed by atoms with Crippen molar-refractivity contribution in [2.75, 3.05) is 0 Å². The number of rotatable bonds is 2. The summed E-state index contributed by atoms with van der Waals surface area (Å²) in [6.45, 7) is 1.76. The first-order valence-electron chi connectivity index (χ1n) is 4.73. The predicted octanol–water partition coefficient (Wildman–Crippen LogP) is 2.89. The Hall–Kier alpha value is -1.43. The molecule has 1 aliphatic heterocycles. The van der Waals surface area contributed by atoms with E-state index in [0.29, 0.717) is 0 Å². The summed E-state index contributed by atoms with van der Waals surface area (Å²) in [4.78, 5) is 0. The Morgan fingerprint density at radius 1 is 1.19 bits per heavy atom. The second-order valence-electron chi connectivity index (χ2n) is 3.78. The maximum Gasteiger partial charge on any atom is 0.442 e. The second-order valence-corrected chi connectivity index (χ2v) is 3.78. The van der Waals surface area contributed by atoms with Crippen molar-refractivity contribution in [1.29, 1.82) is 0 Å². The van der Waals surface area contributed by atoms with Crippen LogP contribution in [0.25, 0.3) is 0 Å². The van der Waals surface area contributed by atoms with Crippen molar-refractivity contribution >= 4 is 0 Å². The Bertz CT molecular complexity index is 414. The lowest BCUT2D eigenvalue weighted by Gasteiger charge is -2.15. The van der Waals surface area contributed by atoms with Gasteiger partial charge in [-0.2, -0.15) is 13.2 Å². The summed E-state index contributed by atoms with van der Waals surface area (Å²) in [5.74, 6) is 0. The normalized spacial score (nSPS) is 19.6. The van der Waals surface area contributed by atoms with E-state index in [-0.39, 0.29) is 11.6 Å². The summed E-state index contributed by atoms with van der Waals surface area (Å²) in [7, 11) is 0. The molecule has 0 spiro atoms. The summed E-state index contributed by atoms with van der Waals surface area (Å²) < 4.78 is 37.9. The molecule has 0 bridgehead atoms. The van der Waals surface area contributed by atoms with Gasteiger partial charge >= 0.3 is 11.8 Å². The zero-order valence-corrected chi connectivity index (χ0v) is 8.49. The van der Waals surface area contributed by atoms with Crippen LogP contribution < -0.4 is 5.73 Å². The molecule has 86 valence electrons. The summed E-state index contributed by atoms with van der Waals surface area (Å²) in [6.07, 6.45) is -4.47. The maximum atomic E-state index is 12.6. The standard InChI is InChI=1S/C10H10F3N3/c1-6(14)7-2-4-8(5-3-7)9(15-16-9)10(11,12)13/h2-6H,14H2,1H3/t6-/m1/s1. The molecule has 16 heavy (non-hydrogen) atoms. The molecule has 2 N–H and O–H groups in total. The Morgan fingerprint density at radius 3 is 2.00 bits per heavy atom. The number of alkyl halides is 3. The smallest absolute Gasteiger partial charge is 0.324 e. The molecule has 0 saturated carbocycles. The molecule has 0 aliphatic carbocycles. The average molecular weight is 229 g/mol. The number of benzene rings is 1. The van der Waals surface area contributed by atoms with Gasteiger partial charge in [-0.1, -0.05) is 24.3 Å². The van der Waals surface area contributed by atoms with Crippen molar-refractivity contribution < 1.29 is 13.2 Å². The molecule has 0 aromatic heterocycles. The minimum atomic E-state index is -4.47. The van der Waals surface area contributed by atoms with Gasteiger partial charge in [-0.25, -0.2) is 0 Å². The van der Waals surface area contributed by atoms with Crippen molar-refractivity contribution in [3.63, 3.8) is 0 Å². The molecule has 1 aliphatic rings. The third kappa shape index (κ3) is 1.59. The van der Waals surface area contributed by atoms with Gasteiger partial charge in [0.05, 0.1) is 0 Å². The second kappa shape index (κ2) is 3.28. The van der Waals surface area contributed by atoms with E-state index in [9.17, 15) is 13.2 Å². The van der Waals surface area contributed by atoms with Gasteiger partial charge in [0, 0.05) is 11.6 Å². The molecular weight excluding hydrogens is 219 g/mol. The first-order chi connectivity index (χ1) is 7.37. The molecule has 1 atom stereocenters. The lowest BCUT2D eigenvalue weighted by atomic mass is 9.99. The van der Waals surface area contributed by atoms with Crippen molar-refractivity contribution in [3.8, 4) is 0 Å². The fourth-order valence-corrected chi connectivity index (χ4v) is 1.46. The Morgan fingerprint density at radius 2 is 1.69 bits per heavy atom. The van der Waals surface area contributed by atoms with E-state index >= 15 is 0 Å². The van der Waals surface area contributed by atoms with Crippen LogP contribution >= 0.6 is 0 Å². The molecule has 0 amide bonds. The van der Waals surface area contributed by atoms with Crippen molar-refractivity contribution in [2.45, 2.75) is 24.8 Å². The summed E-state index contributed by atoms with van der Waals surface area (Å²) in [6, 6.07) is 5.66. The van der Waals surface area contributed by atoms with Gasteiger partial charge < -0.3 is 5.73 Å². The monoisotopic (exact) mass is 229 g/mol. The summed E-state index contributed by atoms with van der Waals surface area (Å²) in [5.41, 5.74) is 4.09. The zero-order valence-electron chi connectivity index (χ0n) is 8.49. The van der Waals surface area contributed by atoms with Gasteiger partial charge in [0.2, 0.25) is 0 Å². The topological polar surface area (TPSA) is 50.7 Å². The lowest BCUT2D eigenvalue weighted by molar-refractivity contribution is -0.166. The van der Waals surface area contributed by atoms with Crippen LogP contribution in [0, 0.1) is 0 Å². The molecule has 0 unspecified atom stereocenters. The van der Waals surface area contributed by atoms with E-state index in [1.54, 1.807) is 19.1 Å². The lowest BCUT2D eigenvalue weighted by Crippen LogP contribution is -2.30. The Kier molecular flexibility index (Phi) is 2.27. The highest BCUT2D eigenvalue weighted by molar-refractivity contribution is 5.33. The Balaban J connectivity index is 2.30. The molecule has 6 heteroatoms. The molecular formula is C10H10F3N3. The highest BCUT2D eigenvalue weighted by Crippen LogP contribution is 2.52. The van der Waals surface area contributed by atoms with Crippen LogP contribution in [0.4, 0.5) is 13.2 Å². The first-order valence-corrected chi connectivity index (χ1v) is 4.73. The third-order valence-electron chi connectivity index (χ3n) is 2.53. The van der Waals surface area contributed by atoms with E-state index in [1.165, 1.54) is 12.1 Å². The fourth-order valence-electron chi connectivity index (χ4n) is 1.46. The van der Waals surface area contributed by atoms with Crippen LogP contribution in [-0.2, 0) is 5.66 Å².